The van der Waals surface area contributed by atoms with Gasteiger partial charge in [-0.15, -0.1) is 10.2 Å². The van der Waals surface area contributed by atoms with Gasteiger partial charge in [-0.25, -0.2) is 4.79 Å². The van der Waals surface area contributed by atoms with E-state index in [-0.39, 0.29) is 22.0 Å². The summed E-state index contributed by atoms with van der Waals surface area (Å²) >= 11 is 11.4. The summed E-state index contributed by atoms with van der Waals surface area (Å²) in [6, 6.07) is 6.17. The SMILES string of the molecule is CN(C)C(=O)Nc1ccc(Oc2nnc(F)c(Cl)c2Cl)cc1. The molecule has 9 heteroatoms. The third kappa shape index (κ3) is 3.75. The number of hydrogen-bond acceptors (Lipinski definition) is 4. The first-order chi connectivity index (χ1) is 10.4. The highest BCUT2D eigenvalue weighted by atomic mass is 35.5. The number of nitrogens with one attached hydrogen (secondary N) is 1. The minimum absolute atomic E-state index is 0.113. The zero-order valence-corrected chi connectivity index (χ0v) is 13.1. The van der Waals surface area contributed by atoms with Crippen molar-refractivity contribution in [2.45, 2.75) is 0 Å². The Balaban J connectivity index is 2.12. The van der Waals surface area contributed by atoms with Gasteiger partial charge in [0.25, 0.3) is 11.8 Å². The molecule has 1 N–H and O–H groups in total. The fourth-order valence-corrected chi connectivity index (χ4v) is 1.65. The van der Waals surface area contributed by atoms with E-state index in [1.807, 2.05) is 0 Å². The smallest absolute Gasteiger partial charge is 0.321 e. The van der Waals surface area contributed by atoms with E-state index in [9.17, 15) is 9.18 Å². The van der Waals surface area contributed by atoms with Crippen molar-refractivity contribution in [1.82, 2.24) is 15.1 Å². The highest BCUT2D eigenvalue weighted by Crippen LogP contribution is 2.33. The molecular formula is C13H11Cl2FN4O2. The third-order valence-electron chi connectivity index (χ3n) is 2.52. The predicted octanol–water partition coefficient (Wildman–Crippen LogP) is 3.81. The van der Waals surface area contributed by atoms with Gasteiger partial charge in [-0.3, -0.25) is 0 Å². The molecule has 0 saturated carbocycles. The van der Waals surface area contributed by atoms with Crippen LogP contribution in [0.15, 0.2) is 24.3 Å². The van der Waals surface area contributed by atoms with E-state index in [0.29, 0.717) is 11.4 Å². The molecule has 0 saturated heterocycles. The molecule has 0 fully saturated rings. The fourth-order valence-electron chi connectivity index (χ4n) is 1.38. The lowest BCUT2D eigenvalue weighted by molar-refractivity contribution is 0.230. The number of hydrogen-bond donors (Lipinski definition) is 1. The Labute approximate surface area is 135 Å². The van der Waals surface area contributed by atoms with E-state index in [4.69, 9.17) is 27.9 Å². The van der Waals surface area contributed by atoms with Gasteiger partial charge in [0.05, 0.1) is 0 Å². The Morgan fingerprint density at radius 2 is 1.82 bits per heavy atom. The lowest BCUT2D eigenvalue weighted by Crippen LogP contribution is -2.27. The minimum Gasteiger partial charge on any atom is -0.436 e. The van der Waals surface area contributed by atoms with Gasteiger partial charge in [-0.2, -0.15) is 4.39 Å². The predicted molar refractivity (Wildman–Crippen MR) is 81.2 cm³/mol. The molecule has 2 amide bonds. The van der Waals surface area contributed by atoms with Crippen LogP contribution in [-0.2, 0) is 0 Å². The summed E-state index contributed by atoms with van der Waals surface area (Å²) in [5.74, 6) is -0.708. The van der Waals surface area contributed by atoms with E-state index < -0.39 is 5.95 Å². The maximum absolute atomic E-state index is 13.0. The van der Waals surface area contributed by atoms with Gasteiger partial charge in [0.1, 0.15) is 15.8 Å². The molecule has 0 aliphatic rings. The molecule has 0 aliphatic heterocycles. The van der Waals surface area contributed by atoms with E-state index in [2.05, 4.69) is 15.5 Å². The van der Waals surface area contributed by atoms with Crippen LogP contribution in [0.5, 0.6) is 11.6 Å². The van der Waals surface area contributed by atoms with Gasteiger partial charge in [-0.05, 0) is 24.3 Å². The molecule has 0 radical (unpaired) electrons. The maximum atomic E-state index is 13.0. The van der Waals surface area contributed by atoms with Crippen LogP contribution in [0.1, 0.15) is 0 Å². The molecule has 22 heavy (non-hydrogen) atoms. The normalized spacial score (nSPS) is 10.2. The molecule has 6 nitrogen and oxygen atoms in total. The van der Waals surface area contributed by atoms with Gasteiger partial charge < -0.3 is 15.0 Å². The second kappa shape index (κ2) is 6.76. The van der Waals surface area contributed by atoms with E-state index in [1.54, 1.807) is 38.4 Å². The van der Waals surface area contributed by atoms with Gasteiger partial charge in [-0.1, -0.05) is 23.2 Å². The first-order valence-electron chi connectivity index (χ1n) is 6.02. The number of rotatable bonds is 3. The topological polar surface area (TPSA) is 67.4 Å². The standard InChI is InChI=1S/C13H11Cl2FN4O2/c1-20(2)13(21)17-7-3-5-8(6-4-7)22-12-10(15)9(14)11(16)18-19-12/h3-6H,1-2H3,(H,17,21). The minimum atomic E-state index is -0.972. The molecule has 2 rings (SSSR count). The first kappa shape index (κ1) is 16.3. The maximum Gasteiger partial charge on any atom is 0.321 e. The Kier molecular flexibility index (Phi) is 4.99. The summed E-state index contributed by atoms with van der Waals surface area (Å²) in [5, 5.41) is 8.82. The summed E-state index contributed by atoms with van der Waals surface area (Å²) in [4.78, 5) is 12.9. The lowest BCUT2D eigenvalue weighted by Gasteiger charge is -2.12. The number of aromatic nitrogens is 2. The third-order valence-corrected chi connectivity index (χ3v) is 3.31. The van der Waals surface area contributed by atoms with Crippen LogP contribution in [0.4, 0.5) is 14.9 Å². The molecule has 0 atom stereocenters. The van der Waals surface area contributed by atoms with Gasteiger partial charge in [0.15, 0.2) is 0 Å². The van der Waals surface area contributed by atoms with Crippen LogP contribution in [0.25, 0.3) is 0 Å². The highest BCUT2D eigenvalue weighted by molar-refractivity contribution is 6.42. The van der Waals surface area contributed by atoms with Crippen molar-refractivity contribution in [1.29, 1.82) is 0 Å². The zero-order valence-electron chi connectivity index (χ0n) is 11.6. The molecule has 0 bridgehead atoms. The first-order valence-corrected chi connectivity index (χ1v) is 6.77. The lowest BCUT2D eigenvalue weighted by atomic mass is 10.3. The van der Waals surface area contributed by atoms with Crippen LogP contribution in [0.2, 0.25) is 10.0 Å². The average Bonchev–Trinajstić information content (AvgIpc) is 2.49. The van der Waals surface area contributed by atoms with Crippen LogP contribution in [-0.4, -0.2) is 35.2 Å². The molecule has 1 aromatic heterocycles. The average molecular weight is 345 g/mol. The van der Waals surface area contributed by atoms with Crippen molar-refractivity contribution in [2.24, 2.45) is 0 Å². The Morgan fingerprint density at radius 3 is 2.41 bits per heavy atom. The Morgan fingerprint density at radius 1 is 1.18 bits per heavy atom. The summed E-state index contributed by atoms with van der Waals surface area (Å²) in [6.07, 6.45) is 0. The number of carbonyl (C=O) groups excluding carboxylic acids is 1. The Bertz CT molecular complexity index is 695. The molecule has 1 aromatic carbocycles. The molecule has 0 aliphatic carbocycles. The Hall–Kier alpha value is -2.12. The molecule has 116 valence electrons. The summed E-state index contributed by atoms with van der Waals surface area (Å²) < 4.78 is 18.4. The number of anilines is 1. The van der Waals surface area contributed by atoms with E-state index >= 15 is 0 Å². The second-order valence-corrected chi connectivity index (χ2v) is 5.13. The summed E-state index contributed by atoms with van der Waals surface area (Å²) in [5.41, 5.74) is 0.584. The molecule has 2 aromatic rings. The largest absolute Gasteiger partial charge is 0.436 e. The number of halogens is 3. The van der Waals surface area contributed by atoms with Crippen molar-refractivity contribution in [3.63, 3.8) is 0 Å². The number of nitrogens with zero attached hydrogens (tertiary/aromatic N) is 3. The number of urea groups is 1. The van der Waals surface area contributed by atoms with Crippen LogP contribution in [0.3, 0.4) is 0 Å². The number of carbonyl (C=O) groups is 1. The number of ether oxygens (including phenoxy) is 1. The monoisotopic (exact) mass is 344 g/mol. The van der Waals surface area contributed by atoms with Crippen molar-refractivity contribution in [3.05, 3.63) is 40.3 Å². The summed E-state index contributed by atoms with van der Waals surface area (Å²) in [7, 11) is 3.26. The van der Waals surface area contributed by atoms with Gasteiger partial charge in [0, 0.05) is 19.8 Å². The second-order valence-electron chi connectivity index (χ2n) is 4.37. The van der Waals surface area contributed by atoms with Gasteiger partial charge in [0.2, 0.25) is 0 Å². The van der Waals surface area contributed by atoms with Crippen molar-refractivity contribution in [2.75, 3.05) is 19.4 Å². The van der Waals surface area contributed by atoms with E-state index in [0.717, 1.165) is 0 Å². The van der Waals surface area contributed by atoms with E-state index in [1.165, 1.54) is 4.90 Å². The fraction of sp³-hybridized carbons (Fsp3) is 0.154. The molecule has 1 heterocycles. The highest BCUT2D eigenvalue weighted by Gasteiger charge is 2.15. The van der Waals surface area contributed by atoms with Crippen LogP contribution >= 0.6 is 23.2 Å². The van der Waals surface area contributed by atoms with Crippen molar-refractivity contribution >= 4 is 34.9 Å². The molecule has 0 spiro atoms. The number of amides is 2. The quantitative estimate of drug-likeness (QED) is 0.919. The number of benzene rings is 1. The van der Waals surface area contributed by atoms with Crippen molar-refractivity contribution < 1.29 is 13.9 Å². The van der Waals surface area contributed by atoms with Crippen LogP contribution < -0.4 is 10.1 Å². The zero-order chi connectivity index (χ0) is 16.3. The molecular weight excluding hydrogens is 334 g/mol. The van der Waals surface area contributed by atoms with Crippen LogP contribution in [0, 0.1) is 5.95 Å². The van der Waals surface area contributed by atoms with Gasteiger partial charge >= 0.3 is 6.03 Å². The molecule has 0 unspecified atom stereocenters. The van der Waals surface area contributed by atoms with Crippen molar-refractivity contribution in [3.8, 4) is 11.6 Å². The summed E-state index contributed by atoms with van der Waals surface area (Å²) in [6.45, 7) is 0.